The van der Waals surface area contributed by atoms with Crippen molar-refractivity contribution in [1.82, 2.24) is 29.9 Å². The smallest absolute Gasteiger partial charge is 0.310 e. The number of nitrogens with one attached hydrogen (secondary N) is 1. The van der Waals surface area contributed by atoms with Crippen LogP contribution in [0.1, 0.15) is 17.2 Å². The average Bonchev–Trinajstić information content (AvgIpc) is 3.23. The molecule has 1 unspecified atom stereocenters. The molecule has 3 aromatic rings. The fraction of sp³-hybridized carbons (Fsp3) is 0.312. The Labute approximate surface area is 152 Å². The molecule has 1 N–H and O–H groups in total. The van der Waals surface area contributed by atoms with Crippen LogP contribution in [0.4, 0.5) is 13.2 Å². The Bertz CT molecular complexity index is 816. The van der Waals surface area contributed by atoms with Crippen molar-refractivity contribution in [3.05, 3.63) is 65.5 Å². The van der Waals surface area contributed by atoms with Crippen LogP contribution in [-0.2, 0) is 13.1 Å². The van der Waals surface area contributed by atoms with Crippen molar-refractivity contribution < 1.29 is 13.2 Å². The maximum Gasteiger partial charge on any atom is 0.412 e. The van der Waals surface area contributed by atoms with Gasteiger partial charge in [-0.15, -0.1) is 0 Å². The summed E-state index contributed by atoms with van der Waals surface area (Å²) >= 11 is 6.29. The molecule has 0 bridgehead atoms. The van der Waals surface area contributed by atoms with E-state index in [1.807, 2.05) is 30.3 Å². The van der Waals surface area contributed by atoms with Gasteiger partial charge in [-0.1, -0.05) is 41.9 Å². The quantitative estimate of drug-likeness (QED) is 0.680. The molecule has 2 heterocycles. The van der Waals surface area contributed by atoms with Gasteiger partial charge in [-0.2, -0.15) is 23.4 Å². The molecule has 0 aliphatic heterocycles. The van der Waals surface area contributed by atoms with E-state index in [1.54, 1.807) is 10.9 Å². The number of rotatable bonds is 7. The molecule has 0 radical (unpaired) electrons. The Balaban J connectivity index is 1.61. The molecule has 0 fully saturated rings. The Morgan fingerprint density at radius 2 is 1.92 bits per heavy atom. The minimum atomic E-state index is -4.44. The van der Waals surface area contributed by atoms with Gasteiger partial charge in [0.25, 0.3) is 0 Å². The third-order valence-corrected chi connectivity index (χ3v) is 4.24. The Hall–Kier alpha value is -2.39. The van der Waals surface area contributed by atoms with E-state index in [-0.39, 0.29) is 13.1 Å². The lowest BCUT2D eigenvalue weighted by molar-refractivity contribution is -0.169. The van der Waals surface area contributed by atoms with Gasteiger partial charge in [0.05, 0.1) is 12.7 Å². The molecule has 0 saturated heterocycles. The van der Waals surface area contributed by atoms with Crippen LogP contribution in [0.3, 0.4) is 0 Å². The molecule has 0 amide bonds. The van der Waals surface area contributed by atoms with Gasteiger partial charge in [-0.3, -0.25) is 0 Å². The first-order valence-corrected chi connectivity index (χ1v) is 8.18. The van der Waals surface area contributed by atoms with Gasteiger partial charge in [-0.05, 0) is 5.56 Å². The third-order valence-electron chi connectivity index (χ3n) is 3.81. The van der Waals surface area contributed by atoms with Gasteiger partial charge in [0.15, 0.2) is 6.04 Å². The van der Waals surface area contributed by atoms with E-state index in [2.05, 4.69) is 20.5 Å². The number of alkyl halides is 3. The summed E-state index contributed by atoms with van der Waals surface area (Å²) in [5.41, 5.74) is 1.66. The van der Waals surface area contributed by atoms with Crippen LogP contribution in [0, 0.1) is 0 Å². The first-order valence-electron chi connectivity index (χ1n) is 7.81. The molecule has 0 aliphatic carbocycles. The van der Waals surface area contributed by atoms with Crippen LogP contribution in [0.15, 0.2) is 49.2 Å². The highest BCUT2D eigenvalue weighted by Gasteiger charge is 2.41. The molecule has 10 heteroatoms. The van der Waals surface area contributed by atoms with E-state index in [9.17, 15) is 13.2 Å². The van der Waals surface area contributed by atoms with Crippen molar-refractivity contribution >= 4 is 11.6 Å². The molecule has 138 valence electrons. The minimum absolute atomic E-state index is 0.162. The summed E-state index contributed by atoms with van der Waals surface area (Å²) in [6.07, 6.45) is -0.772. The SMILES string of the molecule is FC(F)(F)C(CNCc1cnn(Cc2ccccc2)c1Cl)n1cncn1. The van der Waals surface area contributed by atoms with Crippen LogP contribution in [-0.4, -0.2) is 37.3 Å². The molecular weight excluding hydrogens is 369 g/mol. The summed E-state index contributed by atoms with van der Waals surface area (Å²) in [7, 11) is 0. The predicted molar refractivity (Wildman–Crippen MR) is 89.6 cm³/mol. The molecule has 0 saturated carbocycles. The number of halogens is 4. The van der Waals surface area contributed by atoms with E-state index in [0.29, 0.717) is 17.3 Å². The van der Waals surface area contributed by atoms with E-state index >= 15 is 0 Å². The first-order chi connectivity index (χ1) is 12.4. The number of hydrogen-bond acceptors (Lipinski definition) is 4. The van der Waals surface area contributed by atoms with Crippen molar-refractivity contribution in [1.29, 1.82) is 0 Å². The molecule has 0 aliphatic rings. The van der Waals surface area contributed by atoms with Gasteiger partial charge in [0.2, 0.25) is 0 Å². The van der Waals surface area contributed by atoms with Crippen LogP contribution in [0.2, 0.25) is 5.15 Å². The zero-order valence-corrected chi connectivity index (χ0v) is 14.3. The lowest BCUT2D eigenvalue weighted by Gasteiger charge is -2.20. The second-order valence-corrected chi connectivity index (χ2v) is 6.03. The molecule has 26 heavy (non-hydrogen) atoms. The highest BCUT2D eigenvalue weighted by Crippen LogP contribution is 2.29. The summed E-state index contributed by atoms with van der Waals surface area (Å²) in [6, 6.07) is 7.83. The molecule has 6 nitrogen and oxygen atoms in total. The fourth-order valence-corrected chi connectivity index (χ4v) is 2.69. The van der Waals surface area contributed by atoms with Crippen molar-refractivity contribution in [2.45, 2.75) is 25.3 Å². The zero-order valence-electron chi connectivity index (χ0n) is 13.6. The van der Waals surface area contributed by atoms with Crippen LogP contribution >= 0.6 is 11.6 Å². The van der Waals surface area contributed by atoms with Gasteiger partial charge in [0.1, 0.15) is 17.8 Å². The van der Waals surface area contributed by atoms with Crippen molar-refractivity contribution in [3.8, 4) is 0 Å². The predicted octanol–water partition coefficient (Wildman–Crippen LogP) is 3.07. The lowest BCUT2D eigenvalue weighted by Crippen LogP contribution is -2.35. The van der Waals surface area contributed by atoms with Gasteiger partial charge < -0.3 is 5.32 Å². The van der Waals surface area contributed by atoms with Gasteiger partial charge in [0, 0.05) is 18.7 Å². The number of hydrogen-bond donors (Lipinski definition) is 1. The van der Waals surface area contributed by atoms with Crippen molar-refractivity contribution in [2.75, 3.05) is 6.54 Å². The average molecular weight is 385 g/mol. The number of nitrogens with zero attached hydrogens (tertiary/aromatic N) is 5. The van der Waals surface area contributed by atoms with Gasteiger partial charge in [-0.25, -0.2) is 14.3 Å². The number of benzene rings is 1. The molecule has 1 aromatic carbocycles. The Morgan fingerprint density at radius 1 is 1.15 bits per heavy atom. The molecule has 2 aromatic heterocycles. The first kappa shape index (κ1) is 18.4. The van der Waals surface area contributed by atoms with E-state index in [0.717, 1.165) is 22.9 Å². The number of aromatic nitrogens is 5. The van der Waals surface area contributed by atoms with E-state index in [1.165, 1.54) is 0 Å². The third kappa shape index (κ3) is 4.41. The minimum Gasteiger partial charge on any atom is -0.310 e. The molecule has 3 rings (SSSR count). The Morgan fingerprint density at radius 3 is 2.58 bits per heavy atom. The maximum atomic E-state index is 13.2. The molecular formula is C16H16ClF3N6. The summed E-state index contributed by atoms with van der Waals surface area (Å²) in [4.78, 5) is 3.57. The normalized spacial score (nSPS) is 13.1. The molecule has 0 spiro atoms. The topological polar surface area (TPSA) is 60.6 Å². The second-order valence-electron chi connectivity index (χ2n) is 5.67. The van der Waals surface area contributed by atoms with E-state index in [4.69, 9.17) is 11.6 Å². The van der Waals surface area contributed by atoms with Crippen LogP contribution in [0.5, 0.6) is 0 Å². The Kier molecular flexibility index (Phi) is 5.58. The largest absolute Gasteiger partial charge is 0.412 e. The fourth-order valence-electron chi connectivity index (χ4n) is 2.48. The summed E-state index contributed by atoms with van der Waals surface area (Å²) in [6.45, 7) is 0.297. The van der Waals surface area contributed by atoms with Crippen molar-refractivity contribution in [3.63, 3.8) is 0 Å². The summed E-state index contributed by atoms with van der Waals surface area (Å²) < 4.78 is 41.9. The summed E-state index contributed by atoms with van der Waals surface area (Å²) in [5, 5.41) is 10.9. The summed E-state index contributed by atoms with van der Waals surface area (Å²) in [5.74, 6) is 0. The van der Waals surface area contributed by atoms with Gasteiger partial charge >= 0.3 is 6.18 Å². The highest BCUT2D eigenvalue weighted by molar-refractivity contribution is 6.30. The lowest BCUT2D eigenvalue weighted by atomic mass is 10.2. The monoisotopic (exact) mass is 384 g/mol. The molecule has 1 atom stereocenters. The maximum absolute atomic E-state index is 13.2. The van der Waals surface area contributed by atoms with Crippen LogP contribution < -0.4 is 5.32 Å². The zero-order chi connectivity index (χ0) is 18.6. The standard InChI is InChI=1S/C16H16ClF3N6/c17-15-13(7-23-25(15)9-12-4-2-1-3-5-12)6-21-8-14(16(18,19)20)26-11-22-10-24-26/h1-5,7,10-11,14,21H,6,8-9H2. The van der Waals surface area contributed by atoms with E-state index < -0.39 is 12.2 Å². The van der Waals surface area contributed by atoms with Crippen LogP contribution in [0.25, 0.3) is 0 Å². The highest BCUT2D eigenvalue weighted by atomic mass is 35.5. The van der Waals surface area contributed by atoms with Crippen molar-refractivity contribution in [2.24, 2.45) is 0 Å². The second kappa shape index (κ2) is 7.88.